The standard InChI is InChI=1S/C3H10O6P2/c1-2-9-11(7,8)3-10(4,5)6/h2-3H2,1H3,(H,7,8)(H2,4,5,6)/p-3. The molecule has 0 saturated carbocycles. The first kappa shape index (κ1) is 11.3. The molecule has 1 unspecified atom stereocenters. The van der Waals surface area contributed by atoms with Gasteiger partial charge in [-0.05, 0) is 6.92 Å². The second kappa shape index (κ2) is 3.81. The van der Waals surface area contributed by atoms with Crippen LogP contribution in [0.15, 0.2) is 0 Å². The van der Waals surface area contributed by atoms with Crippen LogP contribution in [0.4, 0.5) is 0 Å². The number of rotatable bonds is 4. The second-order valence-electron chi connectivity index (χ2n) is 1.78. The highest BCUT2D eigenvalue weighted by molar-refractivity contribution is 7.67. The van der Waals surface area contributed by atoms with Crippen LogP contribution in [0.3, 0.4) is 0 Å². The minimum Gasteiger partial charge on any atom is -0.810 e. The topological polar surface area (TPSA) is 113 Å². The highest BCUT2D eigenvalue weighted by Gasteiger charge is 2.08. The molecule has 0 aliphatic heterocycles. The molecule has 6 nitrogen and oxygen atoms in total. The quantitative estimate of drug-likeness (QED) is 0.508. The molecule has 68 valence electrons. The molecule has 0 fully saturated rings. The van der Waals surface area contributed by atoms with Gasteiger partial charge < -0.3 is 28.3 Å². The third-order valence-electron chi connectivity index (χ3n) is 0.672. The molecule has 0 bridgehead atoms. The summed E-state index contributed by atoms with van der Waals surface area (Å²) in [6, 6.07) is 0. The molecule has 0 spiro atoms. The maximum atomic E-state index is 10.5. The lowest BCUT2D eigenvalue weighted by Crippen LogP contribution is -2.20. The predicted molar refractivity (Wildman–Crippen MR) is 31.7 cm³/mol. The van der Waals surface area contributed by atoms with E-state index in [-0.39, 0.29) is 6.61 Å². The van der Waals surface area contributed by atoms with E-state index in [0.717, 1.165) is 0 Å². The van der Waals surface area contributed by atoms with Gasteiger partial charge in [0.25, 0.3) is 0 Å². The van der Waals surface area contributed by atoms with Crippen molar-refractivity contribution in [3.63, 3.8) is 0 Å². The summed E-state index contributed by atoms with van der Waals surface area (Å²) >= 11 is 0. The van der Waals surface area contributed by atoms with Gasteiger partial charge >= 0.3 is 0 Å². The zero-order valence-electron chi connectivity index (χ0n) is 5.76. The van der Waals surface area contributed by atoms with Crippen molar-refractivity contribution in [1.82, 2.24) is 0 Å². The molecule has 0 radical (unpaired) electrons. The molecule has 0 aromatic carbocycles. The predicted octanol–water partition coefficient (Wildman–Crippen LogP) is -1.55. The minimum absolute atomic E-state index is 0.166. The van der Waals surface area contributed by atoms with E-state index in [1.54, 1.807) is 0 Å². The van der Waals surface area contributed by atoms with Crippen molar-refractivity contribution in [3.05, 3.63) is 0 Å². The minimum atomic E-state index is -5.02. The first-order chi connectivity index (χ1) is 4.77. The van der Waals surface area contributed by atoms with Crippen molar-refractivity contribution < 1.29 is 28.3 Å². The highest BCUT2D eigenvalue weighted by atomic mass is 31.2. The van der Waals surface area contributed by atoms with E-state index in [1.807, 2.05) is 0 Å². The Kier molecular flexibility index (Phi) is 3.91. The van der Waals surface area contributed by atoms with Gasteiger partial charge in [0.15, 0.2) is 0 Å². The Morgan fingerprint density at radius 1 is 1.27 bits per heavy atom. The highest BCUT2D eigenvalue weighted by Crippen LogP contribution is 2.47. The lowest BCUT2D eigenvalue weighted by Gasteiger charge is -2.35. The molecule has 0 aliphatic carbocycles. The Morgan fingerprint density at radius 3 is 2.00 bits per heavy atom. The zero-order valence-corrected chi connectivity index (χ0v) is 7.55. The summed E-state index contributed by atoms with van der Waals surface area (Å²) in [5.41, 5.74) is 0. The van der Waals surface area contributed by atoms with Crippen LogP contribution in [0.25, 0.3) is 0 Å². The van der Waals surface area contributed by atoms with Crippen molar-refractivity contribution in [2.45, 2.75) is 6.92 Å². The first-order valence-electron chi connectivity index (χ1n) is 2.72. The Labute approximate surface area is 63.9 Å². The van der Waals surface area contributed by atoms with Gasteiger partial charge in [-0.2, -0.15) is 0 Å². The summed E-state index contributed by atoms with van der Waals surface area (Å²) in [5, 5.41) is 0. The summed E-state index contributed by atoms with van der Waals surface area (Å²) in [7, 11) is -9.47. The lowest BCUT2D eigenvalue weighted by atomic mass is 10.9. The second-order valence-corrected chi connectivity index (χ2v) is 5.61. The van der Waals surface area contributed by atoms with Crippen molar-refractivity contribution in [2.75, 3.05) is 12.5 Å². The number of hydrogen-bond donors (Lipinski definition) is 0. The van der Waals surface area contributed by atoms with Crippen LogP contribution < -0.4 is 14.7 Å². The Bertz CT molecular complexity index is 206. The fourth-order valence-corrected chi connectivity index (χ4v) is 2.87. The van der Waals surface area contributed by atoms with Crippen LogP contribution >= 0.6 is 15.2 Å². The van der Waals surface area contributed by atoms with E-state index < -0.39 is 21.1 Å². The van der Waals surface area contributed by atoms with Crippen LogP contribution in [0.5, 0.6) is 0 Å². The molecule has 0 saturated heterocycles. The van der Waals surface area contributed by atoms with Gasteiger partial charge in [-0.25, -0.2) is 0 Å². The summed E-state index contributed by atoms with van der Waals surface area (Å²) in [5.74, 6) is -1.45. The van der Waals surface area contributed by atoms with E-state index in [2.05, 4.69) is 4.52 Å². The SMILES string of the molecule is CCOP(=O)([O-])CP(=O)([O-])[O-]. The summed E-state index contributed by atoms with van der Waals surface area (Å²) in [4.78, 5) is 30.4. The zero-order chi connectivity index (χ0) is 9.12. The van der Waals surface area contributed by atoms with Crippen LogP contribution in [-0.4, -0.2) is 12.5 Å². The molecule has 0 rings (SSSR count). The molecule has 1 atom stereocenters. The largest absolute Gasteiger partial charge is 0.810 e. The van der Waals surface area contributed by atoms with E-state index in [9.17, 15) is 23.8 Å². The molecule has 0 N–H and O–H groups in total. The number of hydrogen-bond acceptors (Lipinski definition) is 6. The molecule has 0 aliphatic rings. The smallest absolute Gasteiger partial charge is 0.139 e. The molecular weight excluding hydrogens is 194 g/mol. The first-order valence-corrected chi connectivity index (χ1v) is 6.18. The average Bonchev–Trinajstić information content (AvgIpc) is 1.55. The van der Waals surface area contributed by atoms with E-state index in [0.29, 0.717) is 0 Å². The molecule has 0 amide bonds. The lowest BCUT2D eigenvalue weighted by molar-refractivity contribution is -0.313. The van der Waals surface area contributed by atoms with Gasteiger partial charge in [0, 0.05) is 5.90 Å². The monoisotopic (exact) mass is 201 g/mol. The van der Waals surface area contributed by atoms with Crippen LogP contribution in [0, 0.1) is 0 Å². The van der Waals surface area contributed by atoms with E-state index >= 15 is 0 Å². The van der Waals surface area contributed by atoms with Crippen LogP contribution in [0.2, 0.25) is 0 Å². The molecule has 11 heavy (non-hydrogen) atoms. The van der Waals surface area contributed by atoms with E-state index in [1.165, 1.54) is 6.92 Å². The van der Waals surface area contributed by atoms with Gasteiger partial charge in [0.1, 0.15) is 7.60 Å². The van der Waals surface area contributed by atoms with Crippen LogP contribution in [-0.2, 0) is 13.7 Å². The van der Waals surface area contributed by atoms with Crippen molar-refractivity contribution in [1.29, 1.82) is 0 Å². The molecular formula is C3H7O6P2-3. The molecule has 0 aromatic rings. The Balaban J connectivity index is 4.14. The Hall–Kier alpha value is 0.300. The van der Waals surface area contributed by atoms with Gasteiger partial charge in [-0.3, -0.25) is 0 Å². The fraction of sp³-hybridized carbons (Fsp3) is 1.00. The van der Waals surface area contributed by atoms with Gasteiger partial charge in [0.05, 0.1) is 6.61 Å². The third kappa shape index (κ3) is 6.69. The van der Waals surface area contributed by atoms with Crippen molar-refractivity contribution >= 4 is 15.2 Å². The maximum absolute atomic E-state index is 10.5. The Morgan fingerprint density at radius 2 is 1.73 bits per heavy atom. The fourth-order valence-electron chi connectivity index (χ4n) is 0.450. The van der Waals surface area contributed by atoms with Gasteiger partial charge in [-0.15, -0.1) is 0 Å². The summed E-state index contributed by atoms with van der Waals surface area (Å²) in [6.07, 6.45) is 0. The average molecular weight is 201 g/mol. The summed E-state index contributed by atoms with van der Waals surface area (Å²) in [6.45, 7) is 1.21. The van der Waals surface area contributed by atoms with Crippen molar-refractivity contribution in [3.8, 4) is 0 Å². The van der Waals surface area contributed by atoms with Gasteiger partial charge in [0.2, 0.25) is 0 Å². The maximum Gasteiger partial charge on any atom is 0.139 e. The molecule has 0 aromatic heterocycles. The normalized spacial score (nSPS) is 17.8. The molecule has 0 heterocycles. The van der Waals surface area contributed by atoms with Crippen molar-refractivity contribution in [2.24, 2.45) is 0 Å². The third-order valence-corrected chi connectivity index (χ3v) is 4.10. The summed E-state index contributed by atoms with van der Waals surface area (Å²) < 4.78 is 24.5. The van der Waals surface area contributed by atoms with Crippen LogP contribution in [0.1, 0.15) is 6.92 Å². The van der Waals surface area contributed by atoms with E-state index in [4.69, 9.17) is 0 Å². The van der Waals surface area contributed by atoms with Gasteiger partial charge in [-0.1, -0.05) is 7.60 Å². The molecule has 8 heteroatoms.